The van der Waals surface area contributed by atoms with Crippen LogP contribution in [0.25, 0.3) is 22.6 Å². The highest BCUT2D eigenvalue weighted by Crippen LogP contribution is 2.28. The molecule has 0 saturated carbocycles. The van der Waals surface area contributed by atoms with E-state index in [9.17, 15) is 4.79 Å². The highest BCUT2D eigenvalue weighted by molar-refractivity contribution is 9.10. The second-order valence-corrected chi connectivity index (χ2v) is 6.60. The number of benzene rings is 2. The van der Waals surface area contributed by atoms with Crippen LogP contribution in [0.2, 0.25) is 0 Å². The first-order chi connectivity index (χ1) is 13.1. The molecule has 1 N–H and O–H groups in total. The van der Waals surface area contributed by atoms with Gasteiger partial charge in [0.2, 0.25) is 5.89 Å². The molecule has 2 aromatic carbocycles. The number of pyridine rings is 1. The third-order valence-corrected chi connectivity index (χ3v) is 4.61. The maximum Gasteiger partial charge on any atom is 0.255 e. The molecule has 2 aromatic heterocycles. The van der Waals surface area contributed by atoms with E-state index >= 15 is 0 Å². The van der Waals surface area contributed by atoms with Crippen molar-refractivity contribution in [3.05, 3.63) is 71.0 Å². The Hall–Kier alpha value is -3.19. The minimum atomic E-state index is -0.226. The number of carbonyl (C=O) groups is 1. The van der Waals surface area contributed by atoms with E-state index in [2.05, 4.69) is 31.2 Å². The molecule has 7 heteroatoms. The second kappa shape index (κ2) is 7.20. The van der Waals surface area contributed by atoms with Crippen molar-refractivity contribution in [1.29, 1.82) is 0 Å². The van der Waals surface area contributed by atoms with Crippen molar-refractivity contribution in [3.8, 4) is 17.2 Å². The van der Waals surface area contributed by atoms with Gasteiger partial charge in [-0.25, -0.2) is 4.98 Å². The zero-order valence-corrected chi connectivity index (χ0v) is 15.9. The first kappa shape index (κ1) is 17.2. The van der Waals surface area contributed by atoms with Gasteiger partial charge in [-0.05, 0) is 64.5 Å². The summed E-state index contributed by atoms with van der Waals surface area (Å²) in [5.41, 5.74) is 3.30. The van der Waals surface area contributed by atoms with Crippen LogP contribution in [0.1, 0.15) is 10.4 Å². The van der Waals surface area contributed by atoms with Gasteiger partial charge in [0, 0.05) is 29.2 Å². The largest absolute Gasteiger partial charge is 0.496 e. The number of anilines is 1. The Balaban J connectivity index is 1.59. The van der Waals surface area contributed by atoms with Crippen molar-refractivity contribution in [2.75, 3.05) is 12.4 Å². The number of nitrogens with zero attached hydrogens (tertiary/aromatic N) is 2. The Labute approximate surface area is 163 Å². The van der Waals surface area contributed by atoms with Crippen LogP contribution >= 0.6 is 15.9 Å². The summed E-state index contributed by atoms with van der Waals surface area (Å²) in [5.74, 6) is 0.949. The minimum Gasteiger partial charge on any atom is -0.496 e. The number of methoxy groups -OCH3 is 1. The average Bonchev–Trinajstić information content (AvgIpc) is 3.12. The van der Waals surface area contributed by atoms with Crippen LogP contribution in [0.15, 0.2) is 69.8 Å². The lowest BCUT2D eigenvalue weighted by Crippen LogP contribution is -2.11. The summed E-state index contributed by atoms with van der Waals surface area (Å²) in [6.07, 6.45) is 3.37. The third kappa shape index (κ3) is 3.54. The molecule has 0 aliphatic rings. The number of hydrogen-bond acceptors (Lipinski definition) is 5. The molecule has 0 atom stereocenters. The van der Waals surface area contributed by atoms with Crippen LogP contribution < -0.4 is 10.1 Å². The van der Waals surface area contributed by atoms with Gasteiger partial charge in [0.15, 0.2) is 5.58 Å². The molecule has 1 amide bonds. The van der Waals surface area contributed by atoms with Gasteiger partial charge >= 0.3 is 0 Å². The van der Waals surface area contributed by atoms with Gasteiger partial charge in [0.25, 0.3) is 5.91 Å². The van der Waals surface area contributed by atoms with Crippen molar-refractivity contribution in [2.24, 2.45) is 0 Å². The number of ether oxygens (including phenoxy) is 1. The number of rotatable bonds is 4. The van der Waals surface area contributed by atoms with E-state index in [1.807, 2.05) is 12.1 Å². The van der Waals surface area contributed by atoms with E-state index in [1.165, 1.54) is 0 Å². The van der Waals surface area contributed by atoms with E-state index in [0.29, 0.717) is 38.5 Å². The molecule has 134 valence electrons. The quantitative estimate of drug-likeness (QED) is 0.504. The molecule has 0 unspecified atom stereocenters. The van der Waals surface area contributed by atoms with Crippen LogP contribution in [0.4, 0.5) is 5.69 Å². The number of aromatic nitrogens is 2. The Bertz CT molecular complexity index is 1130. The van der Waals surface area contributed by atoms with E-state index in [-0.39, 0.29) is 5.91 Å². The maximum atomic E-state index is 12.5. The Morgan fingerprint density at radius 2 is 1.93 bits per heavy atom. The normalized spacial score (nSPS) is 10.7. The number of oxazole rings is 1. The monoisotopic (exact) mass is 423 g/mol. The predicted molar refractivity (Wildman–Crippen MR) is 106 cm³/mol. The maximum absolute atomic E-state index is 12.5. The standard InChI is InChI=1S/C20H14BrN3O3/c1-26-17-4-2-13(10-15(17)21)19(25)23-14-3-5-18-16(11-14)24-20(27-18)12-6-8-22-9-7-12/h2-11H,1H3,(H,23,25). The Morgan fingerprint density at radius 1 is 1.11 bits per heavy atom. The summed E-state index contributed by atoms with van der Waals surface area (Å²) in [4.78, 5) is 21.0. The van der Waals surface area contributed by atoms with Gasteiger partial charge in [0.05, 0.1) is 11.6 Å². The van der Waals surface area contributed by atoms with E-state index in [0.717, 1.165) is 5.56 Å². The van der Waals surface area contributed by atoms with Crippen LogP contribution in [0.5, 0.6) is 5.75 Å². The van der Waals surface area contributed by atoms with Gasteiger partial charge in [0.1, 0.15) is 11.3 Å². The van der Waals surface area contributed by atoms with Crippen LogP contribution in [0.3, 0.4) is 0 Å². The fourth-order valence-electron chi connectivity index (χ4n) is 2.63. The lowest BCUT2D eigenvalue weighted by Gasteiger charge is -2.07. The third-order valence-electron chi connectivity index (χ3n) is 3.99. The number of nitrogens with one attached hydrogen (secondary N) is 1. The zero-order valence-electron chi connectivity index (χ0n) is 14.3. The van der Waals surface area contributed by atoms with Gasteiger partial charge in [-0.2, -0.15) is 0 Å². The molecule has 4 aromatic rings. The molecule has 0 bridgehead atoms. The van der Waals surface area contributed by atoms with Crippen molar-refractivity contribution in [2.45, 2.75) is 0 Å². The molecule has 0 aliphatic heterocycles. The Morgan fingerprint density at radius 3 is 2.67 bits per heavy atom. The van der Waals surface area contributed by atoms with E-state index in [1.54, 1.807) is 55.9 Å². The summed E-state index contributed by atoms with van der Waals surface area (Å²) in [6, 6.07) is 14.1. The van der Waals surface area contributed by atoms with Crippen molar-refractivity contribution < 1.29 is 13.9 Å². The van der Waals surface area contributed by atoms with E-state index in [4.69, 9.17) is 9.15 Å². The van der Waals surface area contributed by atoms with Crippen molar-refractivity contribution >= 4 is 38.6 Å². The smallest absolute Gasteiger partial charge is 0.255 e. The fraction of sp³-hybridized carbons (Fsp3) is 0.0500. The minimum absolute atomic E-state index is 0.226. The molecule has 0 fully saturated rings. The molecule has 27 heavy (non-hydrogen) atoms. The molecule has 0 radical (unpaired) electrons. The molecule has 4 rings (SSSR count). The molecule has 6 nitrogen and oxygen atoms in total. The second-order valence-electron chi connectivity index (χ2n) is 5.74. The predicted octanol–water partition coefficient (Wildman–Crippen LogP) is 4.91. The van der Waals surface area contributed by atoms with Gasteiger partial charge in [-0.1, -0.05) is 0 Å². The van der Waals surface area contributed by atoms with Crippen LogP contribution in [0, 0.1) is 0 Å². The molecule has 0 spiro atoms. The van der Waals surface area contributed by atoms with Crippen LogP contribution in [-0.2, 0) is 0 Å². The number of halogens is 1. The SMILES string of the molecule is COc1ccc(C(=O)Nc2ccc3oc(-c4ccncc4)nc3c2)cc1Br. The Kier molecular flexibility index (Phi) is 4.60. The average molecular weight is 424 g/mol. The number of carbonyl (C=O) groups excluding carboxylic acids is 1. The first-order valence-electron chi connectivity index (χ1n) is 8.10. The molecule has 0 aliphatic carbocycles. The summed E-state index contributed by atoms with van der Waals surface area (Å²) in [5, 5.41) is 2.87. The zero-order chi connectivity index (χ0) is 18.8. The van der Waals surface area contributed by atoms with Crippen LogP contribution in [-0.4, -0.2) is 23.0 Å². The van der Waals surface area contributed by atoms with Gasteiger partial charge in [-0.3, -0.25) is 9.78 Å². The molecule has 2 heterocycles. The molecular formula is C20H14BrN3O3. The number of hydrogen-bond donors (Lipinski definition) is 1. The summed E-state index contributed by atoms with van der Waals surface area (Å²) in [7, 11) is 1.58. The topological polar surface area (TPSA) is 77.2 Å². The number of amides is 1. The van der Waals surface area contributed by atoms with Gasteiger partial charge < -0.3 is 14.5 Å². The van der Waals surface area contributed by atoms with Gasteiger partial charge in [-0.15, -0.1) is 0 Å². The lowest BCUT2D eigenvalue weighted by atomic mass is 10.2. The van der Waals surface area contributed by atoms with Crippen molar-refractivity contribution in [1.82, 2.24) is 9.97 Å². The molecule has 0 saturated heterocycles. The fourth-order valence-corrected chi connectivity index (χ4v) is 3.17. The van der Waals surface area contributed by atoms with E-state index < -0.39 is 0 Å². The highest BCUT2D eigenvalue weighted by atomic mass is 79.9. The lowest BCUT2D eigenvalue weighted by molar-refractivity contribution is 0.102. The summed E-state index contributed by atoms with van der Waals surface area (Å²) < 4.78 is 11.7. The highest BCUT2D eigenvalue weighted by Gasteiger charge is 2.12. The number of fused-ring (bicyclic) bond motifs is 1. The summed E-state index contributed by atoms with van der Waals surface area (Å²) >= 11 is 3.39. The molecular weight excluding hydrogens is 410 g/mol. The summed E-state index contributed by atoms with van der Waals surface area (Å²) in [6.45, 7) is 0. The first-order valence-corrected chi connectivity index (χ1v) is 8.89. The van der Waals surface area contributed by atoms with Crippen molar-refractivity contribution in [3.63, 3.8) is 0 Å².